The Balaban J connectivity index is 1.63. The summed E-state index contributed by atoms with van der Waals surface area (Å²) in [5.41, 5.74) is 4.25. The number of hydrogen-bond donors (Lipinski definition) is 0. The van der Waals surface area contributed by atoms with E-state index in [1.54, 1.807) is 0 Å². The molecule has 136 valence electrons. The van der Waals surface area contributed by atoms with E-state index in [9.17, 15) is 4.79 Å². The lowest BCUT2D eigenvalue weighted by molar-refractivity contribution is -0.130. The number of fused-ring (bicyclic) bond motifs is 3. The Morgan fingerprint density at radius 1 is 1.27 bits per heavy atom. The largest absolute Gasteiger partial charge is 0.342 e. The summed E-state index contributed by atoms with van der Waals surface area (Å²) in [6, 6.07) is 8.55. The maximum Gasteiger partial charge on any atom is 0.233 e. The summed E-state index contributed by atoms with van der Waals surface area (Å²) in [6.07, 6.45) is 2.32. The summed E-state index contributed by atoms with van der Waals surface area (Å²) in [5, 5.41) is 10.7. The molecule has 0 aliphatic carbocycles. The Labute approximate surface area is 157 Å². The molecule has 0 radical (unpaired) electrons. The quantitative estimate of drug-likeness (QED) is 0.659. The number of nitrogens with zero attached hydrogens (tertiary/aromatic N) is 4. The molecule has 5 nitrogen and oxygen atoms in total. The Morgan fingerprint density at radius 3 is 2.92 bits per heavy atom. The van der Waals surface area contributed by atoms with Gasteiger partial charge in [-0.05, 0) is 61.3 Å². The second kappa shape index (κ2) is 6.91. The van der Waals surface area contributed by atoms with E-state index in [1.807, 2.05) is 4.90 Å². The first kappa shape index (κ1) is 17.3. The minimum absolute atomic E-state index is 0.200. The van der Waals surface area contributed by atoms with Gasteiger partial charge in [-0.1, -0.05) is 30.8 Å². The van der Waals surface area contributed by atoms with E-state index in [4.69, 9.17) is 0 Å². The van der Waals surface area contributed by atoms with Gasteiger partial charge in [0.05, 0.1) is 11.3 Å². The second-order valence-electron chi connectivity index (χ2n) is 7.41. The predicted octanol–water partition coefficient (Wildman–Crippen LogP) is 3.85. The summed E-state index contributed by atoms with van der Waals surface area (Å²) in [4.78, 5) is 14.6. The molecular formula is C20H24N4OS. The number of likely N-dealkylation sites (tertiary alicyclic amines) is 1. The van der Waals surface area contributed by atoms with Crippen molar-refractivity contribution in [1.82, 2.24) is 19.5 Å². The number of carbonyl (C=O) groups is 1. The van der Waals surface area contributed by atoms with E-state index in [2.05, 4.69) is 59.6 Å². The highest BCUT2D eigenvalue weighted by Gasteiger charge is 2.22. The standard InChI is InChI=1S/C20H24N4OS/c1-13-6-7-16-10-15(3)19-21-22-20(24(19)17(16)9-13)26-12-18(25)23-8-4-5-14(2)11-23/h6-7,9-10,14H,4-5,8,11-12H2,1-3H3. The zero-order chi connectivity index (χ0) is 18.3. The summed E-state index contributed by atoms with van der Waals surface area (Å²) < 4.78 is 2.09. The number of hydrogen-bond acceptors (Lipinski definition) is 4. The number of pyridine rings is 1. The lowest BCUT2D eigenvalue weighted by Gasteiger charge is -2.30. The van der Waals surface area contributed by atoms with E-state index in [0.717, 1.165) is 41.4 Å². The van der Waals surface area contributed by atoms with Gasteiger partial charge in [-0.2, -0.15) is 0 Å². The van der Waals surface area contributed by atoms with Crippen LogP contribution in [0.25, 0.3) is 16.6 Å². The third-order valence-corrected chi connectivity index (χ3v) is 6.03. The fourth-order valence-electron chi connectivity index (χ4n) is 3.74. The van der Waals surface area contributed by atoms with Crippen molar-refractivity contribution in [1.29, 1.82) is 0 Å². The number of amides is 1. The van der Waals surface area contributed by atoms with Crippen LogP contribution in [-0.4, -0.2) is 44.2 Å². The van der Waals surface area contributed by atoms with Gasteiger partial charge >= 0.3 is 0 Å². The number of carbonyl (C=O) groups excluding carboxylic acids is 1. The Hall–Kier alpha value is -2.08. The number of aromatic nitrogens is 3. The first-order chi connectivity index (χ1) is 12.5. The SMILES string of the molecule is Cc1ccc2cc(C)c3nnc(SCC(=O)N4CCCC(C)C4)n3c2c1. The van der Waals surface area contributed by atoms with Crippen molar-refractivity contribution in [2.24, 2.45) is 5.92 Å². The molecule has 3 aromatic rings. The maximum atomic E-state index is 12.6. The molecule has 1 aliphatic heterocycles. The molecule has 1 aliphatic rings. The topological polar surface area (TPSA) is 50.5 Å². The first-order valence-electron chi connectivity index (χ1n) is 9.18. The van der Waals surface area contributed by atoms with E-state index in [0.29, 0.717) is 11.7 Å². The van der Waals surface area contributed by atoms with Crippen LogP contribution in [0.5, 0.6) is 0 Å². The van der Waals surface area contributed by atoms with Crippen LogP contribution in [0.1, 0.15) is 30.9 Å². The van der Waals surface area contributed by atoms with Gasteiger partial charge in [0.15, 0.2) is 10.8 Å². The van der Waals surface area contributed by atoms with E-state index in [-0.39, 0.29) is 5.91 Å². The van der Waals surface area contributed by atoms with Crippen molar-refractivity contribution in [3.8, 4) is 0 Å². The molecule has 3 heterocycles. The van der Waals surface area contributed by atoms with Crippen LogP contribution in [-0.2, 0) is 4.79 Å². The van der Waals surface area contributed by atoms with Crippen molar-refractivity contribution >= 4 is 34.2 Å². The summed E-state index contributed by atoms with van der Waals surface area (Å²) in [5.74, 6) is 1.21. The normalized spacial score (nSPS) is 18.0. The summed E-state index contributed by atoms with van der Waals surface area (Å²) >= 11 is 1.49. The lowest BCUT2D eigenvalue weighted by Crippen LogP contribution is -2.40. The molecule has 4 rings (SSSR count). The zero-order valence-electron chi connectivity index (χ0n) is 15.5. The Kier molecular flexibility index (Phi) is 4.61. The van der Waals surface area contributed by atoms with Crippen molar-refractivity contribution in [2.75, 3.05) is 18.8 Å². The fraction of sp³-hybridized carbons (Fsp3) is 0.450. The number of benzene rings is 1. The van der Waals surface area contributed by atoms with Crippen LogP contribution in [0.3, 0.4) is 0 Å². The monoisotopic (exact) mass is 368 g/mol. The molecule has 1 atom stereocenters. The first-order valence-corrected chi connectivity index (χ1v) is 10.2. The Morgan fingerprint density at radius 2 is 2.12 bits per heavy atom. The molecular weight excluding hydrogens is 344 g/mol. The molecule has 1 fully saturated rings. The average molecular weight is 369 g/mol. The Bertz CT molecular complexity index is 981. The predicted molar refractivity (Wildman–Crippen MR) is 106 cm³/mol. The van der Waals surface area contributed by atoms with Gasteiger partial charge in [0.1, 0.15) is 0 Å². The van der Waals surface area contributed by atoms with Gasteiger partial charge in [-0.3, -0.25) is 9.20 Å². The minimum atomic E-state index is 0.200. The van der Waals surface area contributed by atoms with Gasteiger partial charge in [0.2, 0.25) is 5.91 Å². The van der Waals surface area contributed by atoms with Gasteiger partial charge < -0.3 is 4.90 Å². The van der Waals surface area contributed by atoms with Crippen molar-refractivity contribution in [3.63, 3.8) is 0 Å². The maximum absolute atomic E-state index is 12.6. The molecule has 0 N–H and O–H groups in total. The number of aryl methyl sites for hydroxylation is 2. The molecule has 6 heteroatoms. The van der Waals surface area contributed by atoms with Crippen LogP contribution in [0.2, 0.25) is 0 Å². The van der Waals surface area contributed by atoms with Crippen LogP contribution in [0.15, 0.2) is 29.4 Å². The second-order valence-corrected chi connectivity index (χ2v) is 8.35. The van der Waals surface area contributed by atoms with E-state index >= 15 is 0 Å². The molecule has 1 aromatic carbocycles. The van der Waals surface area contributed by atoms with Crippen LogP contribution < -0.4 is 0 Å². The van der Waals surface area contributed by atoms with Gasteiger partial charge in [0, 0.05) is 13.1 Å². The molecule has 1 saturated heterocycles. The minimum Gasteiger partial charge on any atom is -0.342 e. The molecule has 26 heavy (non-hydrogen) atoms. The molecule has 0 bridgehead atoms. The number of thioether (sulfide) groups is 1. The van der Waals surface area contributed by atoms with Crippen LogP contribution in [0, 0.1) is 19.8 Å². The number of piperidine rings is 1. The third-order valence-electron chi connectivity index (χ3n) is 5.12. The highest BCUT2D eigenvalue weighted by molar-refractivity contribution is 7.99. The average Bonchev–Trinajstić information content (AvgIpc) is 3.05. The number of rotatable bonds is 3. The molecule has 0 spiro atoms. The fourth-order valence-corrected chi connectivity index (χ4v) is 4.58. The van der Waals surface area contributed by atoms with Gasteiger partial charge in [-0.15, -0.1) is 10.2 Å². The van der Waals surface area contributed by atoms with Crippen molar-refractivity contribution in [2.45, 2.75) is 38.8 Å². The zero-order valence-corrected chi connectivity index (χ0v) is 16.3. The van der Waals surface area contributed by atoms with E-state index < -0.39 is 0 Å². The van der Waals surface area contributed by atoms with Gasteiger partial charge in [-0.25, -0.2) is 0 Å². The molecule has 2 aromatic heterocycles. The highest BCUT2D eigenvalue weighted by Crippen LogP contribution is 2.27. The van der Waals surface area contributed by atoms with Gasteiger partial charge in [0.25, 0.3) is 0 Å². The lowest BCUT2D eigenvalue weighted by atomic mass is 10.0. The van der Waals surface area contributed by atoms with Crippen LogP contribution in [0.4, 0.5) is 0 Å². The molecule has 1 amide bonds. The molecule has 1 unspecified atom stereocenters. The highest BCUT2D eigenvalue weighted by atomic mass is 32.2. The summed E-state index contributed by atoms with van der Waals surface area (Å²) in [6.45, 7) is 8.12. The summed E-state index contributed by atoms with van der Waals surface area (Å²) in [7, 11) is 0. The van der Waals surface area contributed by atoms with Crippen LogP contribution >= 0.6 is 11.8 Å². The smallest absolute Gasteiger partial charge is 0.233 e. The molecule has 0 saturated carbocycles. The van der Waals surface area contributed by atoms with E-state index in [1.165, 1.54) is 29.1 Å². The van der Waals surface area contributed by atoms with Crippen molar-refractivity contribution < 1.29 is 4.79 Å². The van der Waals surface area contributed by atoms with Crippen molar-refractivity contribution in [3.05, 3.63) is 35.4 Å². The third kappa shape index (κ3) is 3.18.